The first-order valence-electron chi connectivity index (χ1n) is 7.45. The number of nitrogens with one attached hydrogen (secondary N) is 2. The van der Waals surface area contributed by atoms with Crippen molar-refractivity contribution in [1.29, 1.82) is 0 Å². The van der Waals surface area contributed by atoms with Gasteiger partial charge in [0.25, 0.3) is 5.91 Å². The van der Waals surface area contributed by atoms with Gasteiger partial charge in [-0.3, -0.25) is 4.79 Å². The van der Waals surface area contributed by atoms with E-state index in [1.165, 1.54) is 18.4 Å². The Balaban J connectivity index is 1.78. The maximum Gasteiger partial charge on any atom is 0.260 e. The molecule has 1 unspecified atom stereocenters. The van der Waals surface area contributed by atoms with E-state index in [4.69, 9.17) is 4.74 Å². The number of hydrogen-bond donors (Lipinski definition) is 2. The highest BCUT2D eigenvalue weighted by molar-refractivity contribution is 5.80. The Kier molecular flexibility index (Phi) is 5.41. The number of rotatable bonds is 8. The normalized spacial score (nSPS) is 15.7. The summed E-state index contributed by atoms with van der Waals surface area (Å²) in [5.41, 5.74) is 1.24. The van der Waals surface area contributed by atoms with Gasteiger partial charge in [0.15, 0.2) is 6.10 Å². The van der Waals surface area contributed by atoms with Crippen LogP contribution in [0.25, 0.3) is 0 Å². The molecule has 0 spiro atoms. The van der Waals surface area contributed by atoms with E-state index in [-0.39, 0.29) is 5.91 Å². The lowest BCUT2D eigenvalue weighted by Gasteiger charge is -2.14. The molecular weight excluding hydrogens is 252 g/mol. The van der Waals surface area contributed by atoms with E-state index < -0.39 is 6.10 Å². The molecule has 1 aliphatic rings. The highest BCUT2D eigenvalue weighted by Crippen LogP contribution is 2.20. The highest BCUT2D eigenvalue weighted by Gasteiger charge is 2.19. The third-order valence-electron chi connectivity index (χ3n) is 3.33. The van der Waals surface area contributed by atoms with Crippen molar-refractivity contribution in [2.24, 2.45) is 0 Å². The van der Waals surface area contributed by atoms with Gasteiger partial charge >= 0.3 is 0 Å². The second kappa shape index (κ2) is 7.29. The average molecular weight is 276 g/mol. The minimum atomic E-state index is -0.461. The quantitative estimate of drug-likeness (QED) is 0.765. The predicted molar refractivity (Wildman–Crippen MR) is 79.7 cm³/mol. The second-order valence-electron chi connectivity index (χ2n) is 5.35. The van der Waals surface area contributed by atoms with Gasteiger partial charge in [0.05, 0.1) is 0 Å². The fraction of sp³-hybridized carbons (Fsp3) is 0.562. The van der Waals surface area contributed by atoms with Crippen molar-refractivity contribution in [3.8, 4) is 5.75 Å². The summed E-state index contributed by atoms with van der Waals surface area (Å²) in [6.07, 6.45) is 3.06. The zero-order chi connectivity index (χ0) is 14.4. The molecule has 0 radical (unpaired) electrons. The molecule has 0 bridgehead atoms. The Morgan fingerprint density at radius 2 is 2.05 bits per heavy atom. The van der Waals surface area contributed by atoms with E-state index in [9.17, 15) is 4.79 Å². The smallest absolute Gasteiger partial charge is 0.260 e. The Morgan fingerprint density at radius 3 is 2.65 bits per heavy atom. The lowest BCUT2D eigenvalue weighted by molar-refractivity contribution is -0.127. The second-order valence-corrected chi connectivity index (χ2v) is 5.35. The van der Waals surface area contributed by atoms with Gasteiger partial charge < -0.3 is 15.4 Å². The molecule has 1 atom stereocenters. The largest absolute Gasteiger partial charge is 0.481 e. The van der Waals surface area contributed by atoms with Gasteiger partial charge in [-0.25, -0.2) is 0 Å². The van der Waals surface area contributed by atoms with Crippen LogP contribution in [0.1, 0.15) is 38.7 Å². The third-order valence-corrected chi connectivity index (χ3v) is 3.33. The maximum absolute atomic E-state index is 11.7. The molecule has 0 saturated heterocycles. The average Bonchev–Trinajstić information content (AvgIpc) is 3.28. The zero-order valence-corrected chi connectivity index (χ0v) is 12.3. The van der Waals surface area contributed by atoms with E-state index in [1.54, 1.807) is 6.92 Å². The lowest BCUT2D eigenvalue weighted by Crippen LogP contribution is -2.36. The molecule has 1 aromatic carbocycles. The van der Waals surface area contributed by atoms with Crippen molar-refractivity contribution >= 4 is 5.91 Å². The van der Waals surface area contributed by atoms with Gasteiger partial charge in [0.2, 0.25) is 0 Å². The Bertz CT molecular complexity index is 427. The van der Waals surface area contributed by atoms with Crippen molar-refractivity contribution in [2.75, 3.05) is 6.54 Å². The number of carbonyl (C=O) groups excluding carboxylic acids is 1. The molecule has 0 aromatic heterocycles. The molecule has 1 amide bonds. The topological polar surface area (TPSA) is 50.4 Å². The van der Waals surface area contributed by atoms with E-state index in [0.717, 1.165) is 18.7 Å². The highest BCUT2D eigenvalue weighted by atomic mass is 16.5. The molecule has 110 valence electrons. The van der Waals surface area contributed by atoms with Crippen molar-refractivity contribution in [1.82, 2.24) is 10.6 Å². The molecule has 4 nitrogen and oxygen atoms in total. The molecule has 4 heteroatoms. The van der Waals surface area contributed by atoms with Crippen LogP contribution < -0.4 is 15.4 Å². The van der Waals surface area contributed by atoms with Crippen LogP contribution in [0.4, 0.5) is 0 Å². The third kappa shape index (κ3) is 4.85. The van der Waals surface area contributed by atoms with Crippen LogP contribution in [-0.2, 0) is 11.3 Å². The van der Waals surface area contributed by atoms with Crippen molar-refractivity contribution in [3.63, 3.8) is 0 Å². The van der Waals surface area contributed by atoms with Crippen LogP contribution in [0.15, 0.2) is 24.3 Å². The van der Waals surface area contributed by atoms with Gasteiger partial charge in [0.1, 0.15) is 5.75 Å². The number of ether oxygens (including phenoxy) is 1. The minimum Gasteiger partial charge on any atom is -0.481 e. The van der Waals surface area contributed by atoms with Crippen LogP contribution in [0.5, 0.6) is 5.75 Å². The van der Waals surface area contributed by atoms with Crippen molar-refractivity contribution in [3.05, 3.63) is 29.8 Å². The molecular formula is C16H24N2O2. The molecule has 1 aliphatic carbocycles. The van der Waals surface area contributed by atoms with Crippen LogP contribution in [0, 0.1) is 0 Å². The first-order valence-corrected chi connectivity index (χ1v) is 7.45. The number of amides is 1. The summed E-state index contributed by atoms with van der Waals surface area (Å²) in [5, 5.41) is 6.30. The first kappa shape index (κ1) is 14.9. The van der Waals surface area contributed by atoms with Gasteiger partial charge in [-0.1, -0.05) is 19.1 Å². The molecule has 1 saturated carbocycles. The van der Waals surface area contributed by atoms with Gasteiger partial charge in [-0.15, -0.1) is 0 Å². The summed E-state index contributed by atoms with van der Waals surface area (Å²) in [6.45, 7) is 5.39. The molecule has 0 heterocycles. The van der Waals surface area contributed by atoms with E-state index in [0.29, 0.717) is 12.6 Å². The Labute approximate surface area is 120 Å². The van der Waals surface area contributed by atoms with E-state index in [2.05, 4.69) is 10.6 Å². The standard InChI is InChI=1S/C16H24N2O2/c1-3-10-17-16(19)12(2)20-15-8-4-13(5-9-15)11-18-14-6-7-14/h4-5,8-9,12,14,18H,3,6-7,10-11H2,1-2H3,(H,17,19). The summed E-state index contributed by atoms with van der Waals surface area (Å²) in [6, 6.07) is 8.65. The van der Waals surface area contributed by atoms with Crippen LogP contribution in [0.3, 0.4) is 0 Å². The lowest BCUT2D eigenvalue weighted by atomic mass is 10.2. The van der Waals surface area contributed by atoms with E-state index >= 15 is 0 Å². The molecule has 20 heavy (non-hydrogen) atoms. The van der Waals surface area contributed by atoms with Crippen LogP contribution >= 0.6 is 0 Å². The van der Waals surface area contributed by atoms with Crippen LogP contribution in [-0.4, -0.2) is 24.6 Å². The number of hydrogen-bond acceptors (Lipinski definition) is 3. The van der Waals surface area contributed by atoms with Gasteiger partial charge in [0, 0.05) is 19.1 Å². The first-order chi connectivity index (χ1) is 9.69. The Hall–Kier alpha value is -1.55. The monoisotopic (exact) mass is 276 g/mol. The van der Waals surface area contributed by atoms with Gasteiger partial charge in [-0.2, -0.15) is 0 Å². The summed E-state index contributed by atoms with van der Waals surface area (Å²) in [4.78, 5) is 11.7. The fourth-order valence-electron chi connectivity index (χ4n) is 1.89. The molecule has 0 aliphatic heterocycles. The number of benzene rings is 1. The maximum atomic E-state index is 11.7. The Morgan fingerprint density at radius 1 is 1.35 bits per heavy atom. The SMILES string of the molecule is CCCNC(=O)C(C)Oc1ccc(CNC2CC2)cc1. The van der Waals surface area contributed by atoms with Gasteiger partial charge in [-0.05, 0) is 43.9 Å². The summed E-state index contributed by atoms with van der Waals surface area (Å²) >= 11 is 0. The summed E-state index contributed by atoms with van der Waals surface area (Å²) in [5.74, 6) is 0.672. The van der Waals surface area contributed by atoms with Crippen molar-refractivity contribution in [2.45, 2.75) is 51.8 Å². The molecule has 1 aromatic rings. The van der Waals surface area contributed by atoms with Crippen molar-refractivity contribution < 1.29 is 9.53 Å². The molecule has 1 fully saturated rings. The van der Waals surface area contributed by atoms with Crippen LogP contribution in [0.2, 0.25) is 0 Å². The summed E-state index contributed by atoms with van der Waals surface area (Å²) in [7, 11) is 0. The fourth-order valence-corrected chi connectivity index (χ4v) is 1.89. The van der Waals surface area contributed by atoms with E-state index in [1.807, 2.05) is 31.2 Å². The minimum absolute atomic E-state index is 0.0636. The zero-order valence-electron chi connectivity index (χ0n) is 12.3. The predicted octanol–water partition coefficient (Wildman–Crippen LogP) is 2.23. The summed E-state index contributed by atoms with van der Waals surface area (Å²) < 4.78 is 5.63. The molecule has 2 N–H and O–H groups in total. The molecule has 2 rings (SSSR count). The number of carbonyl (C=O) groups is 1.